The van der Waals surface area contributed by atoms with Crippen LogP contribution in [-0.4, -0.2) is 29.0 Å². The Morgan fingerprint density at radius 3 is 2.00 bits per heavy atom. The number of rotatable bonds is 7. The predicted octanol–water partition coefficient (Wildman–Crippen LogP) is 2.28. The molecule has 0 aromatic heterocycles. The molecular weight excluding hydrogens is 238 g/mol. The molecule has 1 aromatic carbocycles. The van der Waals surface area contributed by atoms with Crippen LogP contribution in [0.15, 0.2) is 24.3 Å². The normalized spacial score (nSPS) is 13.8. The Kier molecular flexibility index (Phi) is 5.98. The Balaban J connectivity index is 2.70. The summed E-state index contributed by atoms with van der Waals surface area (Å²) in [4.78, 5) is 0. The summed E-state index contributed by atoms with van der Waals surface area (Å²) in [7, 11) is 0. The van der Waals surface area contributed by atoms with Gasteiger partial charge in [0.1, 0.15) is 0 Å². The van der Waals surface area contributed by atoms with E-state index in [0.717, 1.165) is 6.42 Å². The molecule has 3 nitrogen and oxygen atoms in total. The molecule has 0 saturated heterocycles. The molecule has 0 aliphatic rings. The van der Waals surface area contributed by atoms with Gasteiger partial charge in [0.2, 0.25) is 0 Å². The Bertz CT molecular complexity index is 369. The number of hydrogen-bond donors (Lipinski definition) is 3. The van der Waals surface area contributed by atoms with Crippen LogP contribution in [0.1, 0.15) is 44.9 Å². The number of aliphatic hydroxyl groups is 2. The maximum atomic E-state index is 9.30. The van der Waals surface area contributed by atoms with Gasteiger partial charge in [0.15, 0.2) is 0 Å². The molecule has 19 heavy (non-hydrogen) atoms. The maximum absolute atomic E-state index is 9.30. The molecule has 0 fully saturated rings. The second-order valence-corrected chi connectivity index (χ2v) is 6.08. The molecule has 108 valence electrons. The van der Waals surface area contributed by atoms with Crippen molar-refractivity contribution in [2.24, 2.45) is 5.92 Å². The fourth-order valence-electron chi connectivity index (χ4n) is 2.16. The van der Waals surface area contributed by atoms with E-state index in [4.69, 9.17) is 0 Å². The summed E-state index contributed by atoms with van der Waals surface area (Å²) < 4.78 is 0. The standard InChI is InChI=1S/C16H27NO2/c1-12(2)9-14-5-7-15(8-6-14)13(3)17-16(4,10-18)11-19/h5-8,12-13,17-19H,9-11H2,1-4H3. The molecule has 3 heteroatoms. The highest BCUT2D eigenvalue weighted by Gasteiger charge is 2.24. The zero-order valence-corrected chi connectivity index (χ0v) is 12.5. The van der Waals surface area contributed by atoms with Crippen molar-refractivity contribution >= 4 is 0 Å². The molecule has 3 N–H and O–H groups in total. The van der Waals surface area contributed by atoms with Crippen molar-refractivity contribution in [1.29, 1.82) is 0 Å². The molecule has 1 atom stereocenters. The first kappa shape index (κ1) is 16.2. The van der Waals surface area contributed by atoms with E-state index in [9.17, 15) is 10.2 Å². The maximum Gasteiger partial charge on any atom is 0.0633 e. The molecule has 1 unspecified atom stereocenters. The van der Waals surface area contributed by atoms with Crippen LogP contribution in [-0.2, 0) is 6.42 Å². The van der Waals surface area contributed by atoms with E-state index in [1.54, 1.807) is 0 Å². The van der Waals surface area contributed by atoms with Gasteiger partial charge >= 0.3 is 0 Å². The van der Waals surface area contributed by atoms with Crippen LogP contribution < -0.4 is 5.32 Å². The Hall–Kier alpha value is -0.900. The quantitative estimate of drug-likeness (QED) is 0.709. The lowest BCUT2D eigenvalue weighted by Crippen LogP contribution is -2.49. The van der Waals surface area contributed by atoms with Gasteiger partial charge in [-0.15, -0.1) is 0 Å². The van der Waals surface area contributed by atoms with Gasteiger partial charge in [-0.1, -0.05) is 38.1 Å². The monoisotopic (exact) mass is 265 g/mol. The molecule has 0 heterocycles. The zero-order valence-electron chi connectivity index (χ0n) is 12.5. The third kappa shape index (κ3) is 4.94. The molecule has 1 rings (SSSR count). The number of benzene rings is 1. The summed E-state index contributed by atoms with van der Waals surface area (Å²) in [6.07, 6.45) is 1.09. The lowest BCUT2D eigenvalue weighted by Gasteiger charge is -2.30. The highest BCUT2D eigenvalue weighted by molar-refractivity contribution is 5.25. The summed E-state index contributed by atoms with van der Waals surface area (Å²) in [5, 5.41) is 21.9. The molecule has 0 aliphatic heterocycles. The minimum Gasteiger partial charge on any atom is -0.394 e. The van der Waals surface area contributed by atoms with E-state index >= 15 is 0 Å². The third-order valence-electron chi connectivity index (χ3n) is 3.39. The summed E-state index contributed by atoms with van der Waals surface area (Å²) in [5.41, 5.74) is 1.87. The van der Waals surface area contributed by atoms with E-state index in [-0.39, 0.29) is 19.3 Å². The van der Waals surface area contributed by atoms with Crippen molar-refractivity contribution < 1.29 is 10.2 Å². The molecule has 0 saturated carbocycles. The first-order chi connectivity index (χ1) is 8.90. The Morgan fingerprint density at radius 2 is 1.58 bits per heavy atom. The second kappa shape index (κ2) is 7.04. The van der Waals surface area contributed by atoms with Crippen molar-refractivity contribution in [1.82, 2.24) is 5.32 Å². The van der Waals surface area contributed by atoms with Gasteiger partial charge in [0.25, 0.3) is 0 Å². The lowest BCUT2D eigenvalue weighted by molar-refractivity contribution is 0.0957. The number of nitrogens with one attached hydrogen (secondary N) is 1. The van der Waals surface area contributed by atoms with Gasteiger partial charge in [-0.25, -0.2) is 0 Å². The summed E-state index contributed by atoms with van der Waals surface area (Å²) >= 11 is 0. The zero-order chi connectivity index (χ0) is 14.5. The van der Waals surface area contributed by atoms with Crippen LogP contribution >= 0.6 is 0 Å². The highest BCUT2D eigenvalue weighted by atomic mass is 16.3. The van der Waals surface area contributed by atoms with Gasteiger partial charge in [-0.3, -0.25) is 0 Å². The minimum atomic E-state index is -0.643. The summed E-state index contributed by atoms with van der Waals surface area (Å²) in [6.45, 7) is 8.12. The highest BCUT2D eigenvalue weighted by Crippen LogP contribution is 2.18. The van der Waals surface area contributed by atoms with Crippen LogP contribution in [0.5, 0.6) is 0 Å². The van der Waals surface area contributed by atoms with Gasteiger partial charge in [-0.2, -0.15) is 0 Å². The largest absolute Gasteiger partial charge is 0.394 e. The predicted molar refractivity (Wildman–Crippen MR) is 79.1 cm³/mol. The molecular formula is C16H27NO2. The number of hydrogen-bond acceptors (Lipinski definition) is 3. The van der Waals surface area contributed by atoms with Gasteiger partial charge in [-0.05, 0) is 37.3 Å². The van der Waals surface area contributed by atoms with E-state index in [2.05, 4.69) is 43.4 Å². The van der Waals surface area contributed by atoms with Crippen molar-refractivity contribution in [2.75, 3.05) is 13.2 Å². The Labute approximate surface area is 116 Å². The topological polar surface area (TPSA) is 52.5 Å². The van der Waals surface area contributed by atoms with Crippen LogP contribution in [0.3, 0.4) is 0 Å². The summed E-state index contributed by atoms with van der Waals surface area (Å²) in [6, 6.07) is 8.64. The average Bonchev–Trinajstić information content (AvgIpc) is 2.38. The van der Waals surface area contributed by atoms with Crippen LogP contribution in [0.25, 0.3) is 0 Å². The molecule has 0 spiro atoms. The van der Waals surface area contributed by atoms with Gasteiger partial charge < -0.3 is 15.5 Å². The summed E-state index contributed by atoms with van der Waals surface area (Å²) in [5.74, 6) is 0.661. The van der Waals surface area contributed by atoms with Crippen molar-refractivity contribution in [2.45, 2.75) is 45.7 Å². The van der Waals surface area contributed by atoms with Gasteiger partial charge in [0.05, 0.1) is 18.8 Å². The fraction of sp³-hybridized carbons (Fsp3) is 0.625. The van der Waals surface area contributed by atoms with Crippen LogP contribution in [0, 0.1) is 5.92 Å². The van der Waals surface area contributed by atoms with Crippen LogP contribution in [0.2, 0.25) is 0 Å². The van der Waals surface area contributed by atoms with E-state index in [0.29, 0.717) is 5.92 Å². The van der Waals surface area contributed by atoms with Crippen molar-refractivity contribution in [3.63, 3.8) is 0 Å². The van der Waals surface area contributed by atoms with E-state index in [1.807, 2.05) is 13.8 Å². The van der Waals surface area contributed by atoms with E-state index in [1.165, 1.54) is 11.1 Å². The van der Waals surface area contributed by atoms with Crippen molar-refractivity contribution in [3.05, 3.63) is 35.4 Å². The fourth-order valence-corrected chi connectivity index (χ4v) is 2.16. The molecule has 0 aliphatic carbocycles. The lowest BCUT2D eigenvalue weighted by atomic mass is 9.98. The second-order valence-electron chi connectivity index (χ2n) is 6.08. The van der Waals surface area contributed by atoms with Crippen LogP contribution in [0.4, 0.5) is 0 Å². The molecule has 0 amide bonds. The first-order valence-electron chi connectivity index (χ1n) is 6.98. The third-order valence-corrected chi connectivity index (χ3v) is 3.39. The average molecular weight is 265 g/mol. The number of aliphatic hydroxyl groups excluding tert-OH is 2. The minimum absolute atomic E-state index is 0.0841. The first-order valence-corrected chi connectivity index (χ1v) is 6.98. The van der Waals surface area contributed by atoms with Gasteiger partial charge in [0, 0.05) is 6.04 Å². The van der Waals surface area contributed by atoms with Crippen molar-refractivity contribution in [3.8, 4) is 0 Å². The molecule has 0 bridgehead atoms. The SMILES string of the molecule is CC(C)Cc1ccc(C(C)NC(C)(CO)CO)cc1. The Morgan fingerprint density at radius 1 is 1.05 bits per heavy atom. The molecule has 0 radical (unpaired) electrons. The van der Waals surface area contributed by atoms with E-state index < -0.39 is 5.54 Å². The molecule has 1 aromatic rings. The smallest absolute Gasteiger partial charge is 0.0633 e.